The number of hydrogen-bond acceptors (Lipinski definition) is 8. The van der Waals surface area contributed by atoms with E-state index in [9.17, 15) is 0 Å². The largest absolute Gasteiger partial charge is 0.484 e. The van der Waals surface area contributed by atoms with Gasteiger partial charge < -0.3 is 14.0 Å². The van der Waals surface area contributed by atoms with Crippen LogP contribution in [0.4, 0.5) is 0 Å². The number of fused-ring (bicyclic) bond motifs is 1. The highest BCUT2D eigenvalue weighted by atomic mass is 16.5. The van der Waals surface area contributed by atoms with Gasteiger partial charge in [-0.25, -0.2) is 14.6 Å². The van der Waals surface area contributed by atoms with Crippen LogP contribution in [0, 0.1) is 6.92 Å². The molecule has 148 valence electrons. The average Bonchev–Trinajstić information content (AvgIpc) is 3.41. The van der Waals surface area contributed by atoms with E-state index in [2.05, 4.69) is 25.2 Å². The minimum atomic E-state index is 0.201. The average molecular weight is 400 g/mol. The van der Waals surface area contributed by atoms with Crippen LogP contribution in [0.5, 0.6) is 17.4 Å². The molecule has 0 spiro atoms. The first-order valence-electron chi connectivity index (χ1n) is 9.20. The van der Waals surface area contributed by atoms with Gasteiger partial charge in [0.2, 0.25) is 5.88 Å². The van der Waals surface area contributed by atoms with Gasteiger partial charge in [0.05, 0.1) is 11.9 Å². The first-order chi connectivity index (χ1) is 14.8. The third-order valence-electron chi connectivity index (χ3n) is 4.30. The molecule has 0 saturated heterocycles. The lowest BCUT2D eigenvalue weighted by molar-refractivity contribution is 0.242. The number of rotatable bonds is 6. The molecule has 0 bridgehead atoms. The second-order valence-electron chi connectivity index (χ2n) is 6.41. The third kappa shape index (κ3) is 3.55. The number of benzene rings is 2. The Bertz CT molecular complexity index is 1280. The maximum Gasteiger partial charge on any atom is 0.264 e. The summed E-state index contributed by atoms with van der Waals surface area (Å²) < 4.78 is 18.4. The van der Waals surface area contributed by atoms with Crippen molar-refractivity contribution >= 4 is 11.0 Å². The second-order valence-corrected chi connectivity index (χ2v) is 6.41. The van der Waals surface area contributed by atoms with Gasteiger partial charge in [-0.3, -0.25) is 0 Å². The van der Waals surface area contributed by atoms with E-state index in [1.165, 1.54) is 6.33 Å². The Morgan fingerprint density at radius 2 is 1.77 bits per heavy atom. The second kappa shape index (κ2) is 7.63. The molecular formula is C21H16N6O3. The van der Waals surface area contributed by atoms with Crippen LogP contribution in [0.3, 0.4) is 0 Å². The first-order valence-corrected chi connectivity index (χ1v) is 9.20. The Labute approximate surface area is 170 Å². The molecule has 5 rings (SSSR count). The molecule has 3 heterocycles. The van der Waals surface area contributed by atoms with Crippen molar-refractivity contribution in [2.24, 2.45) is 0 Å². The van der Waals surface area contributed by atoms with E-state index in [0.29, 0.717) is 40.1 Å². The highest BCUT2D eigenvalue weighted by Crippen LogP contribution is 2.28. The highest BCUT2D eigenvalue weighted by molar-refractivity contribution is 5.81. The van der Waals surface area contributed by atoms with Crippen molar-refractivity contribution in [2.45, 2.75) is 13.5 Å². The Balaban J connectivity index is 1.33. The summed E-state index contributed by atoms with van der Waals surface area (Å²) in [4.78, 5) is 12.7. The number of hydrogen-bond donors (Lipinski definition) is 0. The van der Waals surface area contributed by atoms with E-state index >= 15 is 0 Å². The number of aryl methyl sites for hydroxylation is 1. The van der Waals surface area contributed by atoms with Crippen LogP contribution in [-0.2, 0) is 6.61 Å². The molecule has 0 radical (unpaired) electrons. The van der Waals surface area contributed by atoms with Gasteiger partial charge in [0, 0.05) is 0 Å². The molecule has 2 aromatic carbocycles. The van der Waals surface area contributed by atoms with E-state index in [4.69, 9.17) is 14.0 Å². The van der Waals surface area contributed by atoms with E-state index < -0.39 is 0 Å². The minimum absolute atomic E-state index is 0.201. The van der Waals surface area contributed by atoms with Gasteiger partial charge in [-0.15, -0.1) is 0 Å². The smallest absolute Gasteiger partial charge is 0.264 e. The number of aromatic nitrogens is 6. The zero-order chi connectivity index (χ0) is 20.3. The molecule has 9 nitrogen and oxygen atoms in total. The topological polar surface area (TPSA) is 101 Å². The molecule has 0 aliphatic rings. The summed E-state index contributed by atoms with van der Waals surface area (Å²) in [7, 11) is 0. The van der Waals surface area contributed by atoms with E-state index in [1.807, 2.05) is 30.3 Å². The Kier molecular flexibility index (Phi) is 4.53. The van der Waals surface area contributed by atoms with Crippen molar-refractivity contribution in [2.75, 3.05) is 0 Å². The van der Waals surface area contributed by atoms with Crippen LogP contribution in [0.15, 0.2) is 71.6 Å². The molecule has 0 atom stereocenters. The summed E-state index contributed by atoms with van der Waals surface area (Å²) in [5.74, 6) is 2.69. The molecule has 3 aromatic heterocycles. The molecule has 0 unspecified atom stereocenters. The van der Waals surface area contributed by atoms with E-state index in [0.717, 1.165) is 5.69 Å². The fraction of sp³-hybridized carbons (Fsp3) is 0.0952. The van der Waals surface area contributed by atoms with Crippen LogP contribution >= 0.6 is 0 Å². The predicted molar refractivity (Wildman–Crippen MR) is 107 cm³/mol. The summed E-state index contributed by atoms with van der Waals surface area (Å²) in [5.41, 5.74) is 1.58. The molecular weight excluding hydrogens is 384 g/mol. The van der Waals surface area contributed by atoms with Crippen LogP contribution in [0.2, 0.25) is 0 Å². The summed E-state index contributed by atoms with van der Waals surface area (Å²) in [6.45, 7) is 1.96. The first kappa shape index (κ1) is 17.8. The van der Waals surface area contributed by atoms with Crippen molar-refractivity contribution in [3.63, 3.8) is 0 Å². The standard InChI is InChI=1S/C21H16N6O3/c1-14-25-19(30-26-14)12-28-16-7-9-17(10-8-16)29-21-18-11-24-27(20(18)22-13-23-21)15-5-3-2-4-6-15/h2-11,13H,12H2,1H3. The SMILES string of the molecule is Cc1noc(COc2ccc(Oc3ncnc4c3cnn4-c3ccccc3)cc2)n1. The summed E-state index contributed by atoms with van der Waals surface area (Å²) in [6.07, 6.45) is 3.16. The number of para-hydroxylation sites is 1. The van der Waals surface area contributed by atoms with Gasteiger partial charge in [-0.1, -0.05) is 23.4 Å². The Morgan fingerprint density at radius 3 is 2.53 bits per heavy atom. The molecule has 0 aliphatic carbocycles. The molecule has 0 N–H and O–H groups in total. The fourth-order valence-corrected chi connectivity index (χ4v) is 2.92. The monoisotopic (exact) mass is 400 g/mol. The van der Waals surface area contributed by atoms with Gasteiger partial charge >= 0.3 is 0 Å². The van der Waals surface area contributed by atoms with E-state index in [-0.39, 0.29) is 6.61 Å². The molecule has 0 amide bonds. The van der Waals surface area contributed by atoms with E-state index in [1.54, 1.807) is 42.1 Å². The minimum Gasteiger partial charge on any atom is -0.484 e. The third-order valence-corrected chi connectivity index (χ3v) is 4.30. The summed E-state index contributed by atoms with van der Waals surface area (Å²) >= 11 is 0. The van der Waals surface area contributed by atoms with Crippen LogP contribution in [0.25, 0.3) is 16.7 Å². The Morgan fingerprint density at radius 1 is 0.967 bits per heavy atom. The Hall–Kier alpha value is -4.27. The number of nitrogens with zero attached hydrogens (tertiary/aromatic N) is 6. The van der Waals surface area contributed by atoms with Gasteiger partial charge in [0.1, 0.15) is 23.2 Å². The highest BCUT2D eigenvalue weighted by Gasteiger charge is 2.13. The maximum absolute atomic E-state index is 5.96. The van der Waals surface area contributed by atoms with Gasteiger partial charge in [0.15, 0.2) is 18.1 Å². The zero-order valence-electron chi connectivity index (χ0n) is 16.0. The van der Waals surface area contributed by atoms with Gasteiger partial charge in [-0.2, -0.15) is 10.1 Å². The zero-order valence-corrected chi connectivity index (χ0v) is 16.0. The quantitative estimate of drug-likeness (QED) is 0.423. The van der Waals surface area contributed by atoms with Crippen molar-refractivity contribution in [3.8, 4) is 23.1 Å². The molecule has 0 fully saturated rings. The lowest BCUT2D eigenvalue weighted by Crippen LogP contribution is -1.98. The van der Waals surface area contributed by atoms with Crippen molar-refractivity contribution < 1.29 is 14.0 Å². The number of ether oxygens (including phenoxy) is 2. The van der Waals surface area contributed by atoms with Crippen LogP contribution in [-0.4, -0.2) is 29.9 Å². The van der Waals surface area contributed by atoms with Crippen molar-refractivity contribution in [3.05, 3.63) is 78.8 Å². The molecule has 30 heavy (non-hydrogen) atoms. The maximum atomic E-state index is 5.96. The fourth-order valence-electron chi connectivity index (χ4n) is 2.92. The van der Waals surface area contributed by atoms with Crippen LogP contribution < -0.4 is 9.47 Å². The van der Waals surface area contributed by atoms with Crippen molar-refractivity contribution in [1.29, 1.82) is 0 Å². The molecule has 0 aliphatic heterocycles. The normalized spacial score (nSPS) is 11.0. The van der Waals surface area contributed by atoms with Crippen molar-refractivity contribution in [1.82, 2.24) is 29.9 Å². The predicted octanol–water partition coefficient (Wildman–Crippen LogP) is 3.88. The summed E-state index contributed by atoms with van der Waals surface area (Å²) in [6, 6.07) is 17.0. The molecule has 0 saturated carbocycles. The molecule has 5 aromatic rings. The van der Waals surface area contributed by atoms with Crippen LogP contribution in [0.1, 0.15) is 11.7 Å². The molecule has 9 heteroatoms. The van der Waals surface area contributed by atoms with Gasteiger partial charge in [-0.05, 0) is 43.3 Å². The lowest BCUT2D eigenvalue weighted by Gasteiger charge is -2.07. The van der Waals surface area contributed by atoms with Gasteiger partial charge in [0.25, 0.3) is 5.89 Å². The lowest BCUT2D eigenvalue weighted by atomic mass is 10.3. The summed E-state index contributed by atoms with van der Waals surface area (Å²) in [5, 5.41) is 8.88.